The second-order valence-electron chi connectivity index (χ2n) is 4.05. The Morgan fingerprint density at radius 1 is 1.20 bits per heavy atom. The number of benzene rings is 1. The fourth-order valence-corrected chi connectivity index (χ4v) is 1.60. The number of rotatable bonds is 4. The van der Waals surface area contributed by atoms with E-state index in [1.165, 1.54) is 20.2 Å². The summed E-state index contributed by atoms with van der Waals surface area (Å²) in [6, 6.07) is 10.1. The number of nitrogens with zero attached hydrogens (tertiary/aromatic N) is 2. The van der Waals surface area contributed by atoms with Crippen LogP contribution in [0.3, 0.4) is 0 Å². The van der Waals surface area contributed by atoms with Crippen LogP contribution in [-0.2, 0) is 0 Å². The molecular weight excluding hydrogens is 256 g/mol. The molecule has 2 aromatic rings. The molecular formula is C15H12N2O3. The summed E-state index contributed by atoms with van der Waals surface area (Å²) in [5, 5.41) is 8.93. The molecule has 0 saturated carbocycles. The Morgan fingerprint density at radius 2 is 1.95 bits per heavy atom. The van der Waals surface area contributed by atoms with Gasteiger partial charge in [0.1, 0.15) is 22.9 Å². The van der Waals surface area contributed by atoms with Gasteiger partial charge in [-0.25, -0.2) is 4.98 Å². The monoisotopic (exact) mass is 268 g/mol. The first-order chi connectivity index (χ1) is 9.62. The minimum atomic E-state index is -0.107. The second kappa shape index (κ2) is 5.85. The molecule has 2 rings (SSSR count). The highest BCUT2D eigenvalue weighted by Gasteiger charge is 2.05. The van der Waals surface area contributed by atoms with Crippen molar-refractivity contribution in [3.05, 3.63) is 47.8 Å². The van der Waals surface area contributed by atoms with Crippen molar-refractivity contribution < 1.29 is 14.3 Å². The Hall–Kier alpha value is -2.87. The van der Waals surface area contributed by atoms with Gasteiger partial charge in [0.25, 0.3) is 0 Å². The van der Waals surface area contributed by atoms with E-state index in [0.29, 0.717) is 28.5 Å². The second-order valence-corrected chi connectivity index (χ2v) is 4.05. The molecule has 100 valence electrons. The molecule has 0 aliphatic rings. The molecule has 5 nitrogen and oxygen atoms in total. The van der Waals surface area contributed by atoms with E-state index in [2.05, 4.69) is 4.98 Å². The van der Waals surface area contributed by atoms with E-state index in [4.69, 9.17) is 14.7 Å². The number of pyridine rings is 1. The minimum Gasteiger partial charge on any atom is -0.497 e. The Labute approximate surface area is 116 Å². The van der Waals surface area contributed by atoms with E-state index in [1.54, 1.807) is 30.3 Å². The molecule has 0 saturated heterocycles. The molecule has 20 heavy (non-hydrogen) atoms. The largest absolute Gasteiger partial charge is 0.497 e. The Morgan fingerprint density at radius 3 is 2.50 bits per heavy atom. The van der Waals surface area contributed by atoms with Gasteiger partial charge in [0.2, 0.25) is 0 Å². The average molecular weight is 268 g/mol. The first kappa shape index (κ1) is 13.6. The Kier molecular flexibility index (Phi) is 3.96. The van der Waals surface area contributed by atoms with Crippen LogP contribution < -0.4 is 9.47 Å². The Bertz CT molecular complexity index is 673. The summed E-state index contributed by atoms with van der Waals surface area (Å²) in [6.07, 6.45) is 1.46. The number of hydrogen-bond acceptors (Lipinski definition) is 5. The van der Waals surface area contributed by atoms with E-state index >= 15 is 0 Å². The van der Waals surface area contributed by atoms with Crippen LogP contribution in [0, 0.1) is 11.3 Å². The smallest absolute Gasteiger partial charge is 0.178 e. The molecule has 1 heterocycles. The fourth-order valence-electron chi connectivity index (χ4n) is 1.60. The van der Waals surface area contributed by atoms with E-state index in [-0.39, 0.29) is 5.78 Å². The number of carbonyl (C=O) groups excluding carboxylic acids is 1. The quantitative estimate of drug-likeness (QED) is 0.797. The zero-order chi connectivity index (χ0) is 14.5. The van der Waals surface area contributed by atoms with Crippen LogP contribution in [0.25, 0.3) is 0 Å². The molecule has 0 aliphatic carbocycles. The molecule has 5 heteroatoms. The molecule has 0 fully saturated rings. The zero-order valence-corrected chi connectivity index (χ0v) is 11.1. The lowest BCUT2D eigenvalue weighted by Gasteiger charge is -2.08. The van der Waals surface area contributed by atoms with Gasteiger partial charge in [-0.15, -0.1) is 0 Å². The molecule has 1 aromatic carbocycles. The maximum atomic E-state index is 11.1. The number of hydrogen-bond donors (Lipinski definition) is 0. The van der Waals surface area contributed by atoms with Gasteiger partial charge in [-0.2, -0.15) is 5.26 Å². The van der Waals surface area contributed by atoms with Crippen molar-refractivity contribution in [3.8, 4) is 23.3 Å². The molecule has 0 radical (unpaired) electrons. The summed E-state index contributed by atoms with van der Waals surface area (Å²) in [6.45, 7) is 1.45. The lowest BCUT2D eigenvalue weighted by atomic mass is 10.2. The summed E-state index contributed by atoms with van der Waals surface area (Å²) in [5.41, 5.74) is 0.813. The van der Waals surface area contributed by atoms with Crippen LogP contribution in [0.1, 0.15) is 23.0 Å². The van der Waals surface area contributed by atoms with E-state index in [9.17, 15) is 4.79 Å². The summed E-state index contributed by atoms with van der Waals surface area (Å²) < 4.78 is 10.7. The van der Waals surface area contributed by atoms with Crippen molar-refractivity contribution >= 4 is 5.78 Å². The van der Waals surface area contributed by atoms with Gasteiger partial charge in [-0.05, 0) is 24.3 Å². The van der Waals surface area contributed by atoms with Gasteiger partial charge in [0.15, 0.2) is 5.78 Å². The molecule has 1 aromatic heterocycles. The predicted molar refractivity (Wildman–Crippen MR) is 72.0 cm³/mol. The minimum absolute atomic E-state index is 0.107. The summed E-state index contributed by atoms with van der Waals surface area (Å²) >= 11 is 0. The Balaban J connectivity index is 2.25. The van der Waals surface area contributed by atoms with E-state index < -0.39 is 0 Å². The lowest BCUT2D eigenvalue weighted by molar-refractivity contribution is 0.101. The van der Waals surface area contributed by atoms with Crippen LogP contribution >= 0.6 is 0 Å². The average Bonchev–Trinajstić information content (AvgIpc) is 2.47. The summed E-state index contributed by atoms with van der Waals surface area (Å²) in [5.74, 6) is 1.38. The van der Waals surface area contributed by atoms with Gasteiger partial charge < -0.3 is 9.47 Å². The first-order valence-electron chi connectivity index (χ1n) is 5.86. The maximum Gasteiger partial charge on any atom is 0.178 e. The molecule has 0 unspecified atom stereocenters. The SMILES string of the molecule is COc1cc(C#N)cc(Oc2ccc(C(C)=O)nc2)c1. The van der Waals surface area contributed by atoms with Gasteiger partial charge in [0.05, 0.1) is 24.9 Å². The van der Waals surface area contributed by atoms with Crippen LogP contribution in [0.15, 0.2) is 36.5 Å². The topological polar surface area (TPSA) is 72.2 Å². The number of aromatic nitrogens is 1. The van der Waals surface area contributed by atoms with Gasteiger partial charge in [-0.3, -0.25) is 4.79 Å². The number of ketones is 1. The van der Waals surface area contributed by atoms with Crippen LogP contribution in [0.4, 0.5) is 0 Å². The van der Waals surface area contributed by atoms with E-state index in [0.717, 1.165) is 0 Å². The van der Waals surface area contributed by atoms with Gasteiger partial charge in [-0.1, -0.05) is 0 Å². The fraction of sp³-hybridized carbons (Fsp3) is 0.133. The maximum absolute atomic E-state index is 11.1. The van der Waals surface area contributed by atoms with Crippen LogP contribution in [0.2, 0.25) is 0 Å². The summed E-state index contributed by atoms with van der Waals surface area (Å²) in [7, 11) is 1.52. The number of carbonyl (C=O) groups is 1. The highest BCUT2D eigenvalue weighted by Crippen LogP contribution is 2.26. The number of ether oxygens (including phenoxy) is 2. The van der Waals surface area contributed by atoms with E-state index in [1.807, 2.05) is 6.07 Å². The third kappa shape index (κ3) is 3.12. The molecule has 0 amide bonds. The highest BCUT2D eigenvalue weighted by atomic mass is 16.5. The number of Topliss-reactive ketones (excluding diaryl/α,β-unsaturated/α-hetero) is 1. The zero-order valence-electron chi connectivity index (χ0n) is 11.1. The first-order valence-corrected chi connectivity index (χ1v) is 5.86. The molecule has 0 N–H and O–H groups in total. The predicted octanol–water partition coefficient (Wildman–Crippen LogP) is 2.96. The van der Waals surface area contributed by atoms with Crippen molar-refractivity contribution in [2.75, 3.05) is 7.11 Å². The van der Waals surface area contributed by atoms with Crippen molar-refractivity contribution in [2.24, 2.45) is 0 Å². The molecule has 0 bridgehead atoms. The molecule has 0 spiro atoms. The number of methoxy groups -OCH3 is 1. The van der Waals surface area contributed by atoms with Crippen molar-refractivity contribution in [3.63, 3.8) is 0 Å². The molecule has 0 atom stereocenters. The van der Waals surface area contributed by atoms with Gasteiger partial charge >= 0.3 is 0 Å². The number of nitriles is 1. The van der Waals surface area contributed by atoms with Crippen molar-refractivity contribution in [1.29, 1.82) is 5.26 Å². The third-order valence-electron chi connectivity index (χ3n) is 2.58. The molecule has 0 aliphatic heterocycles. The van der Waals surface area contributed by atoms with Crippen LogP contribution in [-0.4, -0.2) is 17.9 Å². The summed E-state index contributed by atoms with van der Waals surface area (Å²) in [4.78, 5) is 15.1. The van der Waals surface area contributed by atoms with Crippen molar-refractivity contribution in [2.45, 2.75) is 6.92 Å². The van der Waals surface area contributed by atoms with Gasteiger partial charge in [0, 0.05) is 13.0 Å². The normalized spacial score (nSPS) is 9.65. The standard InChI is InChI=1S/C15H12N2O3/c1-10(18)15-4-3-12(9-17-15)20-14-6-11(8-16)5-13(7-14)19-2/h3-7,9H,1-2H3. The highest BCUT2D eigenvalue weighted by molar-refractivity contribution is 5.92. The van der Waals surface area contributed by atoms with Crippen molar-refractivity contribution in [1.82, 2.24) is 4.98 Å². The third-order valence-corrected chi connectivity index (χ3v) is 2.58. The lowest BCUT2D eigenvalue weighted by Crippen LogP contribution is -1.96. The van der Waals surface area contributed by atoms with Crippen LogP contribution in [0.5, 0.6) is 17.2 Å².